The molecular formula is C25H41F2N9O3. The minimum Gasteiger partial charge on any atom is -0.489 e. The third kappa shape index (κ3) is 9.42. The number of carbonyl (C=O) groups is 1. The van der Waals surface area contributed by atoms with Crippen LogP contribution in [0.25, 0.3) is 0 Å². The maximum absolute atomic E-state index is 14.2. The molecule has 0 spiro atoms. The molecule has 1 amide bonds. The molecule has 0 bridgehead atoms. The smallest absolute Gasteiger partial charge is 0.229 e. The molecule has 2 fully saturated rings. The predicted molar refractivity (Wildman–Crippen MR) is 147 cm³/mol. The van der Waals surface area contributed by atoms with Crippen LogP contribution in [0.2, 0.25) is 0 Å². The highest BCUT2D eigenvalue weighted by Gasteiger charge is 2.38. The number of hydrazine groups is 2. The van der Waals surface area contributed by atoms with Gasteiger partial charge in [-0.3, -0.25) is 14.7 Å². The molecule has 218 valence electrons. The summed E-state index contributed by atoms with van der Waals surface area (Å²) in [6.45, 7) is 5.94. The summed E-state index contributed by atoms with van der Waals surface area (Å²) >= 11 is 0. The summed E-state index contributed by atoms with van der Waals surface area (Å²) in [6.07, 6.45) is 8.62. The van der Waals surface area contributed by atoms with Gasteiger partial charge >= 0.3 is 0 Å². The number of aliphatic hydroxyl groups excluding tert-OH is 1. The second-order valence-electron chi connectivity index (χ2n) is 10.00. The van der Waals surface area contributed by atoms with Gasteiger partial charge in [-0.1, -0.05) is 6.42 Å². The summed E-state index contributed by atoms with van der Waals surface area (Å²) in [4.78, 5) is 19.4. The Morgan fingerprint density at radius 3 is 2.46 bits per heavy atom. The van der Waals surface area contributed by atoms with Crippen LogP contribution in [0.5, 0.6) is 5.75 Å². The fraction of sp³-hybridized carbons (Fsp3) is 0.560. The molecule has 1 unspecified atom stereocenters. The second kappa shape index (κ2) is 14.7. The molecule has 2 aromatic rings. The molecule has 0 saturated carbocycles. The highest BCUT2D eigenvalue weighted by Crippen LogP contribution is 2.37. The molecule has 2 aliphatic rings. The first-order valence-electron chi connectivity index (χ1n) is 12.7. The van der Waals surface area contributed by atoms with Gasteiger partial charge in [0.1, 0.15) is 12.4 Å². The minimum absolute atomic E-state index is 0.000318. The first-order valence-corrected chi connectivity index (χ1v) is 12.7. The van der Waals surface area contributed by atoms with Crippen LogP contribution < -0.4 is 32.5 Å². The SMILES string of the molecule is CC1(C)CCCC2CCCN21.CN(N)C=O.CN(N)c1cc(Nc2ncc(F)c(N)n2)c(F)cc1OCCO. The highest BCUT2D eigenvalue weighted by molar-refractivity contribution is 5.68. The molecule has 12 nitrogen and oxygen atoms in total. The van der Waals surface area contributed by atoms with Crippen LogP contribution in [0, 0.1) is 11.6 Å². The predicted octanol–water partition coefficient (Wildman–Crippen LogP) is 2.12. The first-order chi connectivity index (χ1) is 18.4. The Morgan fingerprint density at radius 1 is 1.23 bits per heavy atom. The van der Waals surface area contributed by atoms with Crippen LogP contribution in [-0.2, 0) is 4.79 Å². The number of nitrogens with one attached hydrogen (secondary N) is 1. The fourth-order valence-electron chi connectivity index (χ4n) is 4.59. The summed E-state index contributed by atoms with van der Waals surface area (Å²) in [5.74, 6) is 8.72. The molecule has 2 saturated heterocycles. The number of ether oxygens (including phenoxy) is 1. The molecule has 14 heteroatoms. The number of fused-ring (bicyclic) bond motifs is 1. The topological polar surface area (TPSA) is 172 Å². The number of hydrogen-bond donors (Lipinski definition) is 5. The summed E-state index contributed by atoms with van der Waals surface area (Å²) in [5, 5.41) is 13.5. The van der Waals surface area contributed by atoms with E-state index >= 15 is 0 Å². The Kier molecular flexibility index (Phi) is 12.0. The van der Waals surface area contributed by atoms with Crippen LogP contribution in [0.4, 0.5) is 31.9 Å². The lowest BCUT2D eigenvalue weighted by Gasteiger charge is -2.44. The monoisotopic (exact) mass is 553 g/mol. The number of aliphatic hydroxyl groups is 1. The highest BCUT2D eigenvalue weighted by atomic mass is 19.1. The average Bonchev–Trinajstić information content (AvgIpc) is 3.37. The molecule has 1 atom stereocenters. The summed E-state index contributed by atoms with van der Waals surface area (Å²) in [6, 6.07) is 3.41. The van der Waals surface area contributed by atoms with Crippen molar-refractivity contribution in [2.45, 2.75) is 57.5 Å². The van der Waals surface area contributed by atoms with Crippen molar-refractivity contribution in [3.63, 3.8) is 0 Å². The number of benzene rings is 1. The van der Waals surface area contributed by atoms with Crippen molar-refractivity contribution in [3.05, 3.63) is 30.0 Å². The minimum atomic E-state index is -0.772. The van der Waals surface area contributed by atoms with E-state index in [1.807, 2.05) is 0 Å². The number of amides is 1. The van der Waals surface area contributed by atoms with Crippen LogP contribution in [0.3, 0.4) is 0 Å². The van der Waals surface area contributed by atoms with E-state index < -0.39 is 11.6 Å². The van der Waals surface area contributed by atoms with Gasteiger partial charge in [0.05, 0.1) is 24.2 Å². The molecule has 0 aliphatic carbocycles. The molecule has 3 heterocycles. The van der Waals surface area contributed by atoms with Gasteiger partial charge in [-0.15, -0.1) is 0 Å². The molecule has 39 heavy (non-hydrogen) atoms. The largest absolute Gasteiger partial charge is 0.489 e. The zero-order chi connectivity index (χ0) is 29.2. The summed E-state index contributed by atoms with van der Waals surface area (Å²) < 4.78 is 32.4. The quantitative estimate of drug-likeness (QED) is 0.147. The molecule has 0 radical (unpaired) electrons. The van der Waals surface area contributed by atoms with Crippen LogP contribution in [0.15, 0.2) is 18.3 Å². The van der Waals surface area contributed by atoms with Crippen molar-refractivity contribution in [2.24, 2.45) is 11.7 Å². The molecule has 1 aromatic heterocycles. The maximum Gasteiger partial charge on any atom is 0.229 e. The van der Waals surface area contributed by atoms with Gasteiger partial charge in [0, 0.05) is 31.7 Å². The van der Waals surface area contributed by atoms with Crippen LogP contribution in [0.1, 0.15) is 46.0 Å². The normalized spacial score (nSPS) is 17.5. The lowest BCUT2D eigenvalue weighted by Crippen LogP contribution is -2.49. The zero-order valence-corrected chi connectivity index (χ0v) is 23.0. The molecule has 8 N–H and O–H groups in total. The third-order valence-corrected chi connectivity index (χ3v) is 6.44. The van der Waals surface area contributed by atoms with E-state index in [1.54, 1.807) is 0 Å². The Bertz CT molecular complexity index is 1070. The fourth-order valence-corrected chi connectivity index (χ4v) is 4.59. The maximum atomic E-state index is 14.2. The number of halogens is 2. The van der Waals surface area contributed by atoms with E-state index in [0.29, 0.717) is 17.6 Å². The van der Waals surface area contributed by atoms with Gasteiger partial charge in [-0.25, -0.2) is 25.5 Å². The van der Waals surface area contributed by atoms with Crippen molar-refractivity contribution >= 4 is 29.6 Å². The van der Waals surface area contributed by atoms with E-state index in [0.717, 1.165) is 23.3 Å². The Labute approximate surface area is 228 Å². The van der Waals surface area contributed by atoms with Crippen molar-refractivity contribution in [1.82, 2.24) is 19.9 Å². The number of aromatic nitrogens is 2. The van der Waals surface area contributed by atoms with Gasteiger partial charge in [0.15, 0.2) is 17.5 Å². The van der Waals surface area contributed by atoms with Crippen molar-refractivity contribution in [1.29, 1.82) is 0 Å². The lowest BCUT2D eigenvalue weighted by molar-refractivity contribution is -0.117. The van der Waals surface area contributed by atoms with Gasteiger partial charge < -0.3 is 25.9 Å². The average molecular weight is 554 g/mol. The number of piperidine rings is 1. The molecular weight excluding hydrogens is 512 g/mol. The van der Waals surface area contributed by atoms with Crippen LogP contribution in [-0.4, -0.2) is 76.8 Å². The Hall–Kier alpha value is -3.33. The van der Waals surface area contributed by atoms with Crippen LogP contribution >= 0.6 is 0 Å². The number of nitrogens with zero attached hydrogens (tertiary/aromatic N) is 5. The second-order valence-corrected chi connectivity index (χ2v) is 10.00. The zero-order valence-electron chi connectivity index (χ0n) is 23.0. The van der Waals surface area contributed by atoms with E-state index in [9.17, 15) is 13.6 Å². The number of nitrogen functional groups attached to an aromatic ring is 1. The number of hydrogen-bond acceptors (Lipinski definition) is 11. The van der Waals surface area contributed by atoms with Gasteiger partial charge in [0.25, 0.3) is 0 Å². The van der Waals surface area contributed by atoms with E-state index in [1.165, 1.54) is 63.8 Å². The van der Waals surface area contributed by atoms with Gasteiger partial charge in [-0.2, -0.15) is 4.98 Å². The standard InChI is InChI=1S/C13H16F2N6O2.C10H19N.C2H6N2O/c1-21(17)10-5-9(7(14)4-11(10)23-3-2-22)19-13-18-6-8(15)12(16)20-13;1-10(2)7-3-5-9-6-4-8-11(9)10;1-4(3)2-5/h4-6,22H,2-3,17H2,1H3,(H3,16,18,19,20);9H,3-8H2,1-2H3;2H,3H2,1H3. The first kappa shape index (κ1) is 31.9. The Morgan fingerprint density at radius 2 is 1.90 bits per heavy atom. The third-order valence-electron chi connectivity index (χ3n) is 6.44. The van der Waals surface area contributed by atoms with E-state index in [2.05, 4.69) is 34.0 Å². The van der Waals surface area contributed by atoms with E-state index in [4.69, 9.17) is 27.3 Å². The number of carbonyl (C=O) groups excluding carboxylic acids is 1. The molecule has 1 aromatic carbocycles. The van der Waals surface area contributed by atoms with Crippen molar-refractivity contribution in [2.75, 3.05) is 49.9 Å². The summed E-state index contributed by atoms with van der Waals surface area (Å²) in [5.41, 5.74) is 6.21. The lowest BCUT2D eigenvalue weighted by atomic mass is 9.87. The van der Waals surface area contributed by atoms with Crippen molar-refractivity contribution < 1.29 is 23.4 Å². The van der Waals surface area contributed by atoms with Gasteiger partial charge in [0.2, 0.25) is 12.4 Å². The van der Waals surface area contributed by atoms with E-state index in [-0.39, 0.29) is 36.4 Å². The number of nitrogens with two attached hydrogens (primary N) is 3. The molecule has 2 aliphatic heterocycles. The van der Waals surface area contributed by atoms with Crippen molar-refractivity contribution in [3.8, 4) is 5.75 Å². The Balaban J connectivity index is 0.000000273. The summed E-state index contributed by atoms with van der Waals surface area (Å²) in [7, 11) is 3.00. The number of rotatable bonds is 7. The van der Waals surface area contributed by atoms with Gasteiger partial charge in [-0.05, 0) is 52.1 Å². The number of anilines is 4. The molecule has 4 rings (SSSR count).